The molecule has 2 N–H and O–H groups in total. The number of anilines is 1. The summed E-state index contributed by atoms with van der Waals surface area (Å²) in [6, 6.07) is 5.39. The highest BCUT2D eigenvalue weighted by atomic mass is 32.1. The summed E-state index contributed by atoms with van der Waals surface area (Å²) in [6.07, 6.45) is 2.33. The Bertz CT molecular complexity index is 461. The van der Waals surface area contributed by atoms with E-state index in [4.69, 9.17) is 18.0 Å². The number of benzene rings is 1. The second-order valence-electron chi connectivity index (χ2n) is 5.08. The molecular formula is C14H19FN2S. The van der Waals surface area contributed by atoms with Crippen LogP contribution in [0.3, 0.4) is 0 Å². The highest BCUT2D eigenvalue weighted by molar-refractivity contribution is 7.80. The van der Waals surface area contributed by atoms with Crippen molar-refractivity contribution in [3.8, 4) is 0 Å². The summed E-state index contributed by atoms with van der Waals surface area (Å²) in [5, 5.41) is 0. The largest absolute Gasteiger partial charge is 0.389 e. The van der Waals surface area contributed by atoms with Crippen LogP contribution in [0.2, 0.25) is 0 Å². The Balaban J connectivity index is 2.30. The van der Waals surface area contributed by atoms with Crippen molar-refractivity contribution in [2.45, 2.75) is 32.7 Å². The van der Waals surface area contributed by atoms with E-state index in [1.165, 1.54) is 12.5 Å². The SMILES string of the molecule is CC1CCCN(c2ccc(C(N)=S)cc2F)C1C. The number of nitrogens with zero attached hydrogens (tertiary/aromatic N) is 1. The maximum Gasteiger partial charge on any atom is 0.147 e. The van der Waals surface area contributed by atoms with Crippen LogP contribution in [0.5, 0.6) is 0 Å². The minimum absolute atomic E-state index is 0.235. The van der Waals surface area contributed by atoms with Gasteiger partial charge < -0.3 is 10.6 Å². The normalized spacial score (nSPS) is 24.1. The number of rotatable bonds is 2. The van der Waals surface area contributed by atoms with Crippen molar-refractivity contribution in [3.63, 3.8) is 0 Å². The predicted octanol–water partition coefficient (Wildman–Crippen LogP) is 3.08. The van der Waals surface area contributed by atoms with Crippen molar-refractivity contribution in [1.29, 1.82) is 0 Å². The first-order valence-corrected chi connectivity index (χ1v) is 6.77. The molecule has 0 aliphatic carbocycles. The molecule has 2 rings (SSSR count). The van der Waals surface area contributed by atoms with Crippen molar-refractivity contribution < 1.29 is 4.39 Å². The smallest absolute Gasteiger partial charge is 0.147 e. The maximum absolute atomic E-state index is 14.1. The standard InChI is InChI=1S/C14H19FN2S/c1-9-4-3-7-17(10(9)2)13-6-5-11(14(16)18)8-12(13)15/h5-6,8-10H,3-4,7H2,1-2H3,(H2,16,18). The Morgan fingerprint density at radius 2 is 2.17 bits per heavy atom. The second-order valence-corrected chi connectivity index (χ2v) is 5.52. The Hall–Kier alpha value is -1.16. The topological polar surface area (TPSA) is 29.3 Å². The minimum Gasteiger partial charge on any atom is -0.389 e. The second kappa shape index (κ2) is 5.22. The first-order chi connectivity index (χ1) is 8.50. The lowest BCUT2D eigenvalue weighted by Gasteiger charge is -2.39. The van der Waals surface area contributed by atoms with Crippen LogP contribution in [0, 0.1) is 11.7 Å². The van der Waals surface area contributed by atoms with Crippen LogP contribution >= 0.6 is 12.2 Å². The van der Waals surface area contributed by atoms with E-state index in [-0.39, 0.29) is 10.8 Å². The number of piperidine rings is 1. The molecule has 2 atom stereocenters. The molecule has 0 radical (unpaired) electrons. The van der Waals surface area contributed by atoms with E-state index >= 15 is 0 Å². The fourth-order valence-electron chi connectivity index (χ4n) is 2.57. The average Bonchev–Trinajstić information content (AvgIpc) is 2.33. The Morgan fingerprint density at radius 3 is 2.78 bits per heavy atom. The summed E-state index contributed by atoms with van der Waals surface area (Å²) in [6.45, 7) is 5.29. The summed E-state index contributed by atoms with van der Waals surface area (Å²) in [4.78, 5) is 2.38. The van der Waals surface area contributed by atoms with E-state index in [1.54, 1.807) is 12.1 Å². The van der Waals surface area contributed by atoms with Crippen molar-refractivity contribution in [1.82, 2.24) is 0 Å². The fourth-order valence-corrected chi connectivity index (χ4v) is 2.70. The van der Waals surface area contributed by atoms with Crippen molar-refractivity contribution in [2.75, 3.05) is 11.4 Å². The number of hydrogen-bond acceptors (Lipinski definition) is 2. The molecular weight excluding hydrogens is 247 g/mol. The summed E-state index contributed by atoms with van der Waals surface area (Å²) in [5.74, 6) is 0.356. The van der Waals surface area contributed by atoms with Gasteiger partial charge in [0.2, 0.25) is 0 Å². The van der Waals surface area contributed by atoms with Gasteiger partial charge in [-0.2, -0.15) is 0 Å². The fraction of sp³-hybridized carbons (Fsp3) is 0.500. The Kier molecular flexibility index (Phi) is 3.85. The van der Waals surface area contributed by atoms with E-state index in [0.29, 0.717) is 23.2 Å². The van der Waals surface area contributed by atoms with Crippen molar-refractivity contribution in [2.24, 2.45) is 11.7 Å². The van der Waals surface area contributed by atoms with Crippen LogP contribution in [-0.4, -0.2) is 17.6 Å². The lowest BCUT2D eigenvalue weighted by molar-refractivity contribution is 0.360. The van der Waals surface area contributed by atoms with Gasteiger partial charge in [0.1, 0.15) is 10.8 Å². The zero-order valence-corrected chi connectivity index (χ0v) is 11.6. The lowest BCUT2D eigenvalue weighted by atomic mass is 9.91. The van der Waals surface area contributed by atoms with E-state index in [0.717, 1.165) is 13.0 Å². The molecule has 18 heavy (non-hydrogen) atoms. The highest BCUT2D eigenvalue weighted by Gasteiger charge is 2.26. The van der Waals surface area contributed by atoms with E-state index in [9.17, 15) is 4.39 Å². The van der Waals surface area contributed by atoms with Crippen LogP contribution in [0.15, 0.2) is 18.2 Å². The van der Waals surface area contributed by atoms with Gasteiger partial charge in [-0.3, -0.25) is 0 Å². The van der Waals surface area contributed by atoms with Gasteiger partial charge in [-0.25, -0.2) is 4.39 Å². The van der Waals surface area contributed by atoms with Gasteiger partial charge in [0.25, 0.3) is 0 Å². The predicted molar refractivity (Wildman–Crippen MR) is 77.5 cm³/mol. The molecule has 1 heterocycles. The highest BCUT2D eigenvalue weighted by Crippen LogP contribution is 2.30. The molecule has 1 aromatic carbocycles. The summed E-state index contributed by atoms with van der Waals surface area (Å²) in [5.41, 5.74) is 6.76. The Labute approximate surface area is 113 Å². The molecule has 0 saturated carbocycles. The summed E-state index contributed by atoms with van der Waals surface area (Å²) in [7, 11) is 0. The molecule has 0 aromatic heterocycles. The average molecular weight is 266 g/mol. The quantitative estimate of drug-likeness (QED) is 0.834. The molecule has 4 heteroatoms. The molecule has 1 aromatic rings. The third-order valence-corrected chi connectivity index (χ3v) is 4.15. The van der Waals surface area contributed by atoms with Gasteiger partial charge in [0.15, 0.2) is 0 Å². The minimum atomic E-state index is -0.235. The zero-order valence-electron chi connectivity index (χ0n) is 10.8. The van der Waals surface area contributed by atoms with Crippen molar-refractivity contribution >= 4 is 22.9 Å². The third kappa shape index (κ3) is 2.48. The summed E-state index contributed by atoms with van der Waals surface area (Å²) < 4.78 is 14.1. The van der Waals surface area contributed by atoms with Gasteiger partial charge in [-0.15, -0.1) is 0 Å². The zero-order chi connectivity index (χ0) is 13.3. The molecule has 1 aliphatic heterocycles. The Morgan fingerprint density at radius 1 is 1.44 bits per heavy atom. The number of halogens is 1. The molecule has 2 nitrogen and oxygen atoms in total. The van der Waals surface area contributed by atoms with E-state index in [2.05, 4.69) is 18.7 Å². The lowest BCUT2D eigenvalue weighted by Crippen LogP contribution is -2.42. The molecule has 98 valence electrons. The molecule has 1 fully saturated rings. The van der Waals surface area contributed by atoms with Crippen LogP contribution < -0.4 is 10.6 Å². The van der Waals surface area contributed by atoms with Gasteiger partial charge in [0, 0.05) is 18.2 Å². The molecule has 1 saturated heterocycles. The molecule has 0 amide bonds. The first kappa shape index (κ1) is 13.3. The van der Waals surface area contributed by atoms with E-state index < -0.39 is 0 Å². The van der Waals surface area contributed by atoms with Crippen LogP contribution in [0.25, 0.3) is 0 Å². The van der Waals surface area contributed by atoms with E-state index in [1.807, 2.05) is 0 Å². The van der Waals surface area contributed by atoms with Crippen LogP contribution in [0.1, 0.15) is 32.3 Å². The van der Waals surface area contributed by atoms with Crippen LogP contribution in [-0.2, 0) is 0 Å². The molecule has 0 bridgehead atoms. The van der Waals surface area contributed by atoms with Crippen LogP contribution in [0.4, 0.5) is 10.1 Å². The van der Waals surface area contributed by atoms with Gasteiger partial charge in [0.05, 0.1) is 5.69 Å². The number of nitrogens with two attached hydrogens (primary N) is 1. The number of hydrogen-bond donors (Lipinski definition) is 1. The van der Waals surface area contributed by atoms with Gasteiger partial charge in [-0.05, 0) is 43.9 Å². The molecule has 1 aliphatic rings. The first-order valence-electron chi connectivity index (χ1n) is 6.36. The monoisotopic (exact) mass is 266 g/mol. The molecule has 2 unspecified atom stereocenters. The van der Waals surface area contributed by atoms with Gasteiger partial charge in [-0.1, -0.05) is 19.1 Å². The molecule has 0 spiro atoms. The summed E-state index contributed by atoms with van der Waals surface area (Å²) >= 11 is 4.86. The number of thiocarbonyl (C=S) groups is 1. The van der Waals surface area contributed by atoms with Crippen molar-refractivity contribution in [3.05, 3.63) is 29.6 Å². The maximum atomic E-state index is 14.1. The van der Waals surface area contributed by atoms with Gasteiger partial charge >= 0.3 is 0 Å². The third-order valence-electron chi connectivity index (χ3n) is 3.92.